The third-order valence-electron chi connectivity index (χ3n) is 4.14. The van der Waals surface area contributed by atoms with Gasteiger partial charge in [0.15, 0.2) is 0 Å². The molecule has 2 N–H and O–H groups in total. The molecule has 1 spiro atoms. The Morgan fingerprint density at radius 2 is 2.05 bits per heavy atom. The van der Waals surface area contributed by atoms with Crippen molar-refractivity contribution in [2.75, 3.05) is 25.6 Å². The molecular formula is C15H20BrNO3. The molecule has 2 saturated heterocycles. The van der Waals surface area contributed by atoms with Crippen molar-refractivity contribution in [1.82, 2.24) is 0 Å². The normalized spacial score (nSPS) is 25.6. The van der Waals surface area contributed by atoms with Crippen LogP contribution in [0.25, 0.3) is 0 Å². The van der Waals surface area contributed by atoms with E-state index in [9.17, 15) is 0 Å². The molecule has 2 fully saturated rings. The molecular weight excluding hydrogens is 322 g/mol. The van der Waals surface area contributed by atoms with Gasteiger partial charge in [-0.05, 0) is 40.9 Å². The molecule has 0 aliphatic carbocycles. The molecule has 1 unspecified atom stereocenters. The van der Waals surface area contributed by atoms with Crippen molar-refractivity contribution in [2.45, 2.75) is 37.4 Å². The van der Waals surface area contributed by atoms with Gasteiger partial charge >= 0.3 is 0 Å². The van der Waals surface area contributed by atoms with E-state index in [1.807, 2.05) is 18.2 Å². The highest BCUT2D eigenvalue weighted by Crippen LogP contribution is 2.38. The monoisotopic (exact) mass is 341 g/mol. The zero-order chi connectivity index (χ0) is 14.0. The lowest BCUT2D eigenvalue weighted by molar-refractivity contribution is -0.155. The van der Waals surface area contributed by atoms with Gasteiger partial charge in [-0.2, -0.15) is 0 Å². The maximum Gasteiger partial charge on any atom is 0.135 e. The average molecular weight is 342 g/mol. The molecule has 4 nitrogen and oxygen atoms in total. The van der Waals surface area contributed by atoms with Crippen LogP contribution >= 0.6 is 15.9 Å². The second kappa shape index (κ2) is 5.92. The number of ether oxygens (including phenoxy) is 3. The van der Waals surface area contributed by atoms with Crippen molar-refractivity contribution in [3.63, 3.8) is 0 Å². The zero-order valence-electron chi connectivity index (χ0n) is 11.4. The second-order valence-corrected chi connectivity index (χ2v) is 6.33. The lowest BCUT2D eigenvalue weighted by atomic mass is 9.85. The summed E-state index contributed by atoms with van der Waals surface area (Å²) >= 11 is 3.49. The molecule has 0 aromatic heterocycles. The predicted molar refractivity (Wildman–Crippen MR) is 80.9 cm³/mol. The molecule has 1 aromatic carbocycles. The van der Waals surface area contributed by atoms with Gasteiger partial charge in [0.25, 0.3) is 0 Å². The van der Waals surface area contributed by atoms with Crippen molar-refractivity contribution in [1.29, 1.82) is 0 Å². The molecule has 2 heterocycles. The Balaban J connectivity index is 1.69. The number of nitrogen functional groups attached to an aromatic ring is 1. The molecule has 5 heteroatoms. The molecule has 0 amide bonds. The van der Waals surface area contributed by atoms with E-state index in [4.69, 9.17) is 19.9 Å². The van der Waals surface area contributed by atoms with Crippen molar-refractivity contribution in [3.8, 4) is 5.75 Å². The van der Waals surface area contributed by atoms with Gasteiger partial charge < -0.3 is 19.9 Å². The fourth-order valence-electron chi connectivity index (χ4n) is 2.97. The van der Waals surface area contributed by atoms with Crippen LogP contribution in [-0.4, -0.2) is 31.5 Å². The summed E-state index contributed by atoms with van der Waals surface area (Å²) in [6.45, 7) is 2.33. The first-order valence-corrected chi connectivity index (χ1v) is 7.90. The molecule has 1 atom stereocenters. The van der Waals surface area contributed by atoms with Crippen LogP contribution in [0.15, 0.2) is 22.7 Å². The van der Waals surface area contributed by atoms with Crippen LogP contribution in [-0.2, 0) is 9.47 Å². The molecule has 2 aliphatic rings. The first-order chi connectivity index (χ1) is 9.69. The van der Waals surface area contributed by atoms with Gasteiger partial charge in [-0.3, -0.25) is 0 Å². The van der Waals surface area contributed by atoms with Gasteiger partial charge in [-0.15, -0.1) is 0 Å². The maximum atomic E-state index is 6.15. The van der Waals surface area contributed by atoms with E-state index >= 15 is 0 Å². The lowest BCUT2D eigenvalue weighted by Gasteiger charge is -2.43. The number of nitrogens with two attached hydrogens (primary N) is 1. The smallest absolute Gasteiger partial charge is 0.135 e. The molecule has 0 bridgehead atoms. The SMILES string of the molecule is Nc1cccc(OC2CCOC3(CCOCC3)C2)c1Br. The van der Waals surface area contributed by atoms with Crippen LogP contribution in [0.1, 0.15) is 25.7 Å². The van der Waals surface area contributed by atoms with Crippen LogP contribution in [0.4, 0.5) is 5.69 Å². The van der Waals surface area contributed by atoms with Crippen LogP contribution in [0, 0.1) is 0 Å². The zero-order valence-corrected chi connectivity index (χ0v) is 13.0. The molecule has 0 radical (unpaired) electrons. The molecule has 1 aromatic rings. The molecule has 20 heavy (non-hydrogen) atoms. The number of rotatable bonds is 2. The van der Waals surface area contributed by atoms with Crippen LogP contribution in [0.3, 0.4) is 0 Å². The number of hydrogen-bond donors (Lipinski definition) is 1. The van der Waals surface area contributed by atoms with Crippen molar-refractivity contribution >= 4 is 21.6 Å². The van der Waals surface area contributed by atoms with Crippen molar-refractivity contribution < 1.29 is 14.2 Å². The molecule has 3 rings (SSSR count). The summed E-state index contributed by atoms with van der Waals surface area (Å²) in [6, 6.07) is 5.73. The number of benzene rings is 1. The van der Waals surface area contributed by atoms with E-state index in [0.717, 1.165) is 55.7 Å². The van der Waals surface area contributed by atoms with E-state index in [-0.39, 0.29) is 11.7 Å². The number of halogens is 1. The Morgan fingerprint density at radius 3 is 2.85 bits per heavy atom. The van der Waals surface area contributed by atoms with Crippen molar-refractivity contribution in [3.05, 3.63) is 22.7 Å². The minimum absolute atomic E-state index is 0.0477. The van der Waals surface area contributed by atoms with Gasteiger partial charge in [0.05, 0.1) is 16.7 Å². The summed E-state index contributed by atoms with van der Waals surface area (Å²) in [5, 5.41) is 0. The van der Waals surface area contributed by atoms with Gasteiger partial charge in [-0.1, -0.05) is 6.07 Å². The Kier molecular flexibility index (Phi) is 4.19. The molecule has 2 aliphatic heterocycles. The summed E-state index contributed by atoms with van der Waals surface area (Å²) in [6.07, 6.45) is 3.96. The van der Waals surface area contributed by atoms with Crippen LogP contribution < -0.4 is 10.5 Å². The minimum atomic E-state index is -0.0477. The van der Waals surface area contributed by atoms with Gasteiger partial charge in [0.1, 0.15) is 11.9 Å². The summed E-state index contributed by atoms with van der Waals surface area (Å²) in [4.78, 5) is 0. The topological polar surface area (TPSA) is 53.7 Å². The Morgan fingerprint density at radius 1 is 1.25 bits per heavy atom. The highest BCUT2D eigenvalue weighted by atomic mass is 79.9. The van der Waals surface area contributed by atoms with E-state index in [2.05, 4.69) is 15.9 Å². The number of hydrogen-bond acceptors (Lipinski definition) is 4. The van der Waals surface area contributed by atoms with Crippen LogP contribution in [0.2, 0.25) is 0 Å². The average Bonchev–Trinajstić information content (AvgIpc) is 2.45. The standard InChI is InChI=1S/C15H20BrNO3/c16-14-12(17)2-1-3-13(14)20-11-4-7-19-15(10-11)5-8-18-9-6-15/h1-3,11H,4-10,17H2. The maximum absolute atomic E-state index is 6.15. The van der Waals surface area contributed by atoms with E-state index in [1.165, 1.54) is 0 Å². The van der Waals surface area contributed by atoms with Crippen molar-refractivity contribution in [2.24, 2.45) is 0 Å². The van der Waals surface area contributed by atoms with E-state index < -0.39 is 0 Å². The van der Waals surface area contributed by atoms with Crippen LogP contribution in [0.5, 0.6) is 5.75 Å². The first-order valence-electron chi connectivity index (χ1n) is 7.11. The minimum Gasteiger partial charge on any atom is -0.489 e. The Bertz CT molecular complexity index is 469. The fourth-order valence-corrected chi connectivity index (χ4v) is 3.33. The predicted octanol–water partition coefficient (Wildman–Crippen LogP) is 3.14. The highest BCUT2D eigenvalue weighted by molar-refractivity contribution is 9.10. The van der Waals surface area contributed by atoms with Gasteiger partial charge in [0, 0.05) is 31.7 Å². The Labute approximate surface area is 127 Å². The second-order valence-electron chi connectivity index (χ2n) is 5.54. The van der Waals surface area contributed by atoms with E-state index in [0.29, 0.717) is 5.69 Å². The molecule has 0 saturated carbocycles. The summed E-state index contributed by atoms with van der Waals surface area (Å²) in [5.74, 6) is 0.819. The summed E-state index contributed by atoms with van der Waals surface area (Å²) < 4.78 is 18.5. The van der Waals surface area contributed by atoms with Gasteiger partial charge in [0.2, 0.25) is 0 Å². The highest BCUT2D eigenvalue weighted by Gasteiger charge is 2.40. The summed E-state index contributed by atoms with van der Waals surface area (Å²) in [7, 11) is 0. The largest absolute Gasteiger partial charge is 0.489 e. The summed E-state index contributed by atoms with van der Waals surface area (Å²) in [5.41, 5.74) is 6.55. The molecule has 110 valence electrons. The third kappa shape index (κ3) is 2.95. The fraction of sp³-hybridized carbons (Fsp3) is 0.600. The van der Waals surface area contributed by atoms with E-state index in [1.54, 1.807) is 0 Å². The Hall–Kier alpha value is -0.780. The van der Waals surface area contributed by atoms with Gasteiger partial charge in [-0.25, -0.2) is 0 Å². The lowest BCUT2D eigenvalue weighted by Crippen LogP contribution is -2.47. The first kappa shape index (κ1) is 14.2. The quantitative estimate of drug-likeness (QED) is 0.839. The number of anilines is 1. The third-order valence-corrected chi connectivity index (χ3v) is 4.99.